The van der Waals surface area contributed by atoms with E-state index < -0.39 is 6.03 Å². The lowest BCUT2D eigenvalue weighted by Crippen LogP contribution is -2.50. The van der Waals surface area contributed by atoms with Crippen LogP contribution in [0.2, 0.25) is 0 Å². The molecule has 1 aliphatic rings. The first-order valence-electron chi connectivity index (χ1n) is 8.02. The predicted molar refractivity (Wildman–Crippen MR) is 83.7 cm³/mol. The van der Waals surface area contributed by atoms with E-state index in [-0.39, 0.29) is 18.7 Å². The summed E-state index contributed by atoms with van der Waals surface area (Å²) in [5.74, 6) is 0.674. The molecule has 2 unspecified atom stereocenters. The van der Waals surface area contributed by atoms with E-state index in [1.807, 2.05) is 0 Å². The van der Waals surface area contributed by atoms with Crippen molar-refractivity contribution in [3.05, 3.63) is 0 Å². The lowest BCUT2D eigenvalue weighted by Gasteiger charge is -2.44. The van der Waals surface area contributed by atoms with Crippen molar-refractivity contribution in [2.45, 2.75) is 65.3 Å². The fraction of sp³-hybridized carbons (Fsp3) is 0.867. The normalized spacial score (nSPS) is 24.1. The van der Waals surface area contributed by atoms with Crippen LogP contribution in [-0.4, -0.2) is 24.8 Å². The van der Waals surface area contributed by atoms with E-state index in [4.69, 9.17) is 5.73 Å². The van der Waals surface area contributed by atoms with Gasteiger partial charge in [-0.05, 0) is 30.6 Å². The zero-order valence-electron chi connectivity index (χ0n) is 13.5. The summed E-state index contributed by atoms with van der Waals surface area (Å²) in [4.78, 5) is 22.4. The number of carbonyl (C=O) groups is 2. The molecule has 0 aromatic heterocycles. The van der Waals surface area contributed by atoms with Crippen molar-refractivity contribution >= 4 is 12.1 Å². The quantitative estimate of drug-likeness (QED) is 0.566. The van der Waals surface area contributed by atoms with Crippen molar-refractivity contribution in [2.24, 2.45) is 17.1 Å². The minimum atomic E-state index is -0.644. The lowest BCUT2D eigenvalue weighted by molar-refractivity contribution is 0.0971. The fourth-order valence-corrected chi connectivity index (χ4v) is 3.48. The van der Waals surface area contributed by atoms with Crippen LogP contribution < -0.4 is 21.7 Å². The van der Waals surface area contributed by atoms with Crippen LogP contribution in [0, 0.1) is 11.3 Å². The largest absolute Gasteiger partial charge is 0.352 e. The average molecular weight is 298 g/mol. The van der Waals surface area contributed by atoms with Gasteiger partial charge in [-0.1, -0.05) is 40.0 Å². The SMILES string of the molecule is CCC1CC(NC(=O)NCNC(N)=O)CC(CC)(CC)C1. The van der Waals surface area contributed by atoms with Crippen molar-refractivity contribution in [3.63, 3.8) is 0 Å². The molecule has 0 bridgehead atoms. The van der Waals surface area contributed by atoms with Gasteiger partial charge in [0.05, 0.1) is 6.67 Å². The third-order valence-electron chi connectivity index (χ3n) is 4.94. The van der Waals surface area contributed by atoms with Gasteiger partial charge < -0.3 is 21.7 Å². The number of amides is 4. The highest BCUT2D eigenvalue weighted by Gasteiger charge is 2.37. The summed E-state index contributed by atoms with van der Waals surface area (Å²) in [6.07, 6.45) is 6.80. The first-order valence-corrected chi connectivity index (χ1v) is 8.02. The summed E-state index contributed by atoms with van der Waals surface area (Å²) in [6.45, 7) is 6.77. The second-order valence-electron chi connectivity index (χ2n) is 6.19. The van der Waals surface area contributed by atoms with Crippen LogP contribution in [0.4, 0.5) is 9.59 Å². The van der Waals surface area contributed by atoms with Crippen LogP contribution in [0.15, 0.2) is 0 Å². The van der Waals surface area contributed by atoms with Gasteiger partial charge in [0.25, 0.3) is 0 Å². The molecule has 6 heteroatoms. The monoisotopic (exact) mass is 298 g/mol. The van der Waals surface area contributed by atoms with Crippen LogP contribution in [0.1, 0.15) is 59.3 Å². The molecular formula is C15H30N4O2. The molecule has 1 saturated carbocycles. The van der Waals surface area contributed by atoms with Gasteiger partial charge in [0.1, 0.15) is 0 Å². The average Bonchev–Trinajstić information content (AvgIpc) is 2.46. The molecule has 4 amide bonds. The Morgan fingerprint density at radius 3 is 2.33 bits per heavy atom. The van der Waals surface area contributed by atoms with Gasteiger partial charge >= 0.3 is 12.1 Å². The molecule has 0 saturated heterocycles. The van der Waals surface area contributed by atoms with Gasteiger partial charge in [-0.3, -0.25) is 0 Å². The Balaban J connectivity index is 2.52. The van der Waals surface area contributed by atoms with E-state index in [0.29, 0.717) is 11.3 Å². The first-order chi connectivity index (χ1) is 9.94. The van der Waals surface area contributed by atoms with E-state index in [0.717, 1.165) is 32.1 Å². The Kier molecular flexibility index (Phi) is 6.78. The maximum Gasteiger partial charge on any atom is 0.316 e. The Morgan fingerprint density at radius 2 is 1.81 bits per heavy atom. The molecule has 0 aromatic rings. The summed E-state index contributed by atoms with van der Waals surface area (Å²) in [5.41, 5.74) is 5.30. The third kappa shape index (κ3) is 5.44. The highest BCUT2D eigenvalue weighted by atomic mass is 16.2. The Labute approximate surface area is 127 Å². The van der Waals surface area contributed by atoms with Crippen molar-refractivity contribution in [3.8, 4) is 0 Å². The first kappa shape index (κ1) is 17.6. The van der Waals surface area contributed by atoms with Gasteiger partial charge in [-0.2, -0.15) is 0 Å². The van der Waals surface area contributed by atoms with Gasteiger partial charge in [-0.15, -0.1) is 0 Å². The van der Waals surface area contributed by atoms with E-state index in [9.17, 15) is 9.59 Å². The van der Waals surface area contributed by atoms with Crippen LogP contribution >= 0.6 is 0 Å². The maximum absolute atomic E-state index is 11.9. The number of urea groups is 2. The van der Waals surface area contributed by atoms with E-state index in [1.54, 1.807) is 0 Å². The molecule has 21 heavy (non-hydrogen) atoms. The Bertz CT molecular complexity index is 356. The van der Waals surface area contributed by atoms with Crippen LogP contribution in [0.3, 0.4) is 0 Å². The molecule has 1 fully saturated rings. The summed E-state index contributed by atoms with van der Waals surface area (Å²) in [6, 6.07) is -0.682. The van der Waals surface area contributed by atoms with Crippen molar-refractivity contribution in [2.75, 3.05) is 6.67 Å². The minimum Gasteiger partial charge on any atom is -0.352 e. The summed E-state index contributed by atoms with van der Waals surface area (Å²) < 4.78 is 0. The summed E-state index contributed by atoms with van der Waals surface area (Å²) in [5, 5.41) is 7.97. The molecule has 0 aromatic carbocycles. The molecular weight excluding hydrogens is 268 g/mol. The number of primary amides is 1. The summed E-state index contributed by atoms with van der Waals surface area (Å²) >= 11 is 0. The molecule has 1 rings (SSSR count). The molecule has 122 valence electrons. The van der Waals surface area contributed by atoms with E-state index in [1.165, 1.54) is 6.42 Å². The second kappa shape index (κ2) is 8.10. The van der Waals surface area contributed by atoms with Gasteiger partial charge in [0.2, 0.25) is 0 Å². The molecule has 0 spiro atoms. The molecule has 2 atom stereocenters. The second-order valence-corrected chi connectivity index (χ2v) is 6.19. The lowest BCUT2D eigenvalue weighted by atomic mass is 9.64. The highest BCUT2D eigenvalue weighted by Crippen LogP contribution is 2.45. The van der Waals surface area contributed by atoms with Crippen molar-refractivity contribution in [1.29, 1.82) is 0 Å². The van der Waals surface area contributed by atoms with Gasteiger partial charge in [0, 0.05) is 6.04 Å². The number of hydrogen-bond donors (Lipinski definition) is 4. The standard InChI is InChI=1S/C15H30N4O2/c1-4-11-7-12(9-15(5-2,6-3)8-11)19-14(21)18-10-17-13(16)20/h11-12H,4-10H2,1-3H3,(H3,16,17,20)(H2,18,19,21). The zero-order valence-corrected chi connectivity index (χ0v) is 13.5. The maximum atomic E-state index is 11.9. The Hall–Kier alpha value is -1.46. The van der Waals surface area contributed by atoms with Crippen LogP contribution in [-0.2, 0) is 0 Å². The number of nitrogens with one attached hydrogen (secondary N) is 3. The smallest absolute Gasteiger partial charge is 0.316 e. The number of nitrogens with two attached hydrogens (primary N) is 1. The van der Waals surface area contributed by atoms with Gasteiger partial charge in [-0.25, -0.2) is 9.59 Å². The zero-order chi connectivity index (χ0) is 15.9. The number of hydrogen-bond acceptors (Lipinski definition) is 2. The minimum absolute atomic E-state index is 0.0534. The predicted octanol–water partition coefficient (Wildman–Crippen LogP) is 2.30. The van der Waals surface area contributed by atoms with Gasteiger partial charge in [0.15, 0.2) is 0 Å². The van der Waals surface area contributed by atoms with Crippen molar-refractivity contribution < 1.29 is 9.59 Å². The molecule has 0 heterocycles. The molecule has 0 aliphatic heterocycles. The summed E-state index contributed by atoms with van der Waals surface area (Å²) in [7, 11) is 0. The molecule has 0 radical (unpaired) electrons. The topological polar surface area (TPSA) is 96.2 Å². The number of carbonyl (C=O) groups excluding carboxylic acids is 2. The number of rotatable bonds is 6. The third-order valence-corrected chi connectivity index (χ3v) is 4.94. The fourth-order valence-electron chi connectivity index (χ4n) is 3.48. The molecule has 5 N–H and O–H groups in total. The Morgan fingerprint density at radius 1 is 1.14 bits per heavy atom. The van der Waals surface area contributed by atoms with Crippen molar-refractivity contribution in [1.82, 2.24) is 16.0 Å². The molecule has 1 aliphatic carbocycles. The van der Waals surface area contributed by atoms with E-state index >= 15 is 0 Å². The van der Waals surface area contributed by atoms with E-state index in [2.05, 4.69) is 36.7 Å². The molecule has 6 nitrogen and oxygen atoms in total. The van der Waals surface area contributed by atoms with Crippen LogP contribution in [0.5, 0.6) is 0 Å². The van der Waals surface area contributed by atoms with Crippen LogP contribution in [0.25, 0.3) is 0 Å². The highest BCUT2D eigenvalue weighted by molar-refractivity contribution is 5.75.